The number of carbonyl (C=O) groups excluding carboxylic acids is 1. The van der Waals surface area contributed by atoms with Crippen molar-refractivity contribution >= 4 is 21.6 Å². The number of nitrogens with zero attached hydrogens (tertiary/aromatic N) is 1. The molecule has 0 heterocycles. The molecule has 2 aromatic carbocycles. The molecule has 1 N–H and O–H groups in total. The van der Waals surface area contributed by atoms with Gasteiger partial charge in [0, 0.05) is 25.3 Å². The summed E-state index contributed by atoms with van der Waals surface area (Å²) in [6, 6.07) is 11.0. The topological polar surface area (TPSA) is 66.5 Å². The van der Waals surface area contributed by atoms with Crippen molar-refractivity contribution in [1.29, 1.82) is 0 Å². The van der Waals surface area contributed by atoms with Crippen LogP contribution in [0.3, 0.4) is 0 Å². The fourth-order valence-corrected chi connectivity index (χ4v) is 2.70. The SMILES string of the molecule is CN(C)S(=O)(=O)c1cccc(NC(=O)c2ccc(F)cc2)c1. The van der Waals surface area contributed by atoms with Gasteiger partial charge in [-0.05, 0) is 42.5 Å². The van der Waals surface area contributed by atoms with Crippen LogP contribution < -0.4 is 5.32 Å². The van der Waals surface area contributed by atoms with Gasteiger partial charge in [0.15, 0.2) is 0 Å². The van der Waals surface area contributed by atoms with Gasteiger partial charge in [-0.15, -0.1) is 0 Å². The smallest absolute Gasteiger partial charge is 0.255 e. The normalized spacial score (nSPS) is 11.5. The van der Waals surface area contributed by atoms with E-state index in [1.54, 1.807) is 6.07 Å². The molecule has 116 valence electrons. The van der Waals surface area contributed by atoms with Gasteiger partial charge < -0.3 is 5.32 Å². The van der Waals surface area contributed by atoms with Crippen molar-refractivity contribution in [1.82, 2.24) is 4.31 Å². The Morgan fingerprint density at radius 1 is 1.09 bits per heavy atom. The monoisotopic (exact) mass is 322 g/mol. The van der Waals surface area contributed by atoms with Crippen LogP contribution in [0.15, 0.2) is 53.4 Å². The van der Waals surface area contributed by atoms with E-state index in [0.717, 1.165) is 4.31 Å². The molecule has 0 aliphatic rings. The lowest BCUT2D eigenvalue weighted by Crippen LogP contribution is -2.22. The number of hydrogen-bond donors (Lipinski definition) is 1. The first kappa shape index (κ1) is 16.1. The lowest BCUT2D eigenvalue weighted by molar-refractivity contribution is 0.102. The summed E-state index contributed by atoms with van der Waals surface area (Å²) in [5, 5.41) is 2.58. The number of halogens is 1. The summed E-state index contributed by atoms with van der Waals surface area (Å²) in [5.41, 5.74) is 0.625. The van der Waals surface area contributed by atoms with Crippen molar-refractivity contribution in [2.24, 2.45) is 0 Å². The van der Waals surface area contributed by atoms with Gasteiger partial charge in [0.25, 0.3) is 5.91 Å². The van der Waals surface area contributed by atoms with Crippen LogP contribution in [0.25, 0.3) is 0 Å². The Hall–Kier alpha value is -2.25. The summed E-state index contributed by atoms with van der Waals surface area (Å²) in [5.74, 6) is -0.880. The first-order valence-electron chi connectivity index (χ1n) is 6.40. The molecular weight excluding hydrogens is 307 g/mol. The minimum atomic E-state index is -3.57. The molecule has 7 heteroatoms. The van der Waals surface area contributed by atoms with Crippen LogP contribution in [0, 0.1) is 5.82 Å². The lowest BCUT2D eigenvalue weighted by Gasteiger charge is -2.12. The van der Waals surface area contributed by atoms with Crippen LogP contribution >= 0.6 is 0 Å². The highest BCUT2D eigenvalue weighted by molar-refractivity contribution is 7.89. The minimum absolute atomic E-state index is 0.0782. The summed E-state index contributed by atoms with van der Waals surface area (Å²) >= 11 is 0. The third-order valence-corrected chi connectivity index (χ3v) is 4.79. The molecule has 0 spiro atoms. The zero-order valence-corrected chi connectivity index (χ0v) is 12.9. The van der Waals surface area contributed by atoms with E-state index in [9.17, 15) is 17.6 Å². The molecule has 0 bridgehead atoms. The van der Waals surface area contributed by atoms with Crippen LogP contribution in [0.4, 0.5) is 10.1 Å². The van der Waals surface area contributed by atoms with Gasteiger partial charge in [0.2, 0.25) is 10.0 Å². The summed E-state index contributed by atoms with van der Waals surface area (Å²) in [4.78, 5) is 12.1. The van der Waals surface area contributed by atoms with Crippen molar-refractivity contribution in [3.63, 3.8) is 0 Å². The average molecular weight is 322 g/mol. The number of carbonyl (C=O) groups is 1. The van der Waals surface area contributed by atoms with Crippen LogP contribution in [0.5, 0.6) is 0 Å². The Morgan fingerprint density at radius 3 is 2.32 bits per heavy atom. The molecule has 0 aliphatic carbocycles. The van der Waals surface area contributed by atoms with Crippen molar-refractivity contribution in [2.75, 3.05) is 19.4 Å². The molecule has 0 fully saturated rings. The largest absolute Gasteiger partial charge is 0.322 e. The van der Waals surface area contributed by atoms with Crippen LogP contribution in [-0.2, 0) is 10.0 Å². The van der Waals surface area contributed by atoms with Crippen molar-refractivity contribution in [3.8, 4) is 0 Å². The second-order valence-corrected chi connectivity index (χ2v) is 6.93. The number of rotatable bonds is 4. The third-order valence-electron chi connectivity index (χ3n) is 2.98. The predicted molar refractivity (Wildman–Crippen MR) is 81.7 cm³/mol. The summed E-state index contributed by atoms with van der Waals surface area (Å²) in [7, 11) is -0.714. The first-order valence-corrected chi connectivity index (χ1v) is 7.84. The maximum absolute atomic E-state index is 12.8. The van der Waals surface area contributed by atoms with E-state index < -0.39 is 21.7 Å². The molecule has 5 nitrogen and oxygen atoms in total. The number of nitrogens with one attached hydrogen (secondary N) is 1. The molecule has 0 radical (unpaired) electrons. The Bertz CT molecular complexity index is 787. The van der Waals surface area contributed by atoms with E-state index in [1.807, 2.05) is 0 Å². The summed E-state index contributed by atoms with van der Waals surface area (Å²) in [6.07, 6.45) is 0. The Labute approximate surface area is 128 Å². The zero-order valence-electron chi connectivity index (χ0n) is 12.1. The van der Waals surface area contributed by atoms with E-state index in [-0.39, 0.29) is 10.5 Å². The minimum Gasteiger partial charge on any atom is -0.322 e. The highest BCUT2D eigenvalue weighted by atomic mass is 32.2. The summed E-state index contributed by atoms with van der Waals surface area (Å²) < 4.78 is 38.0. The highest BCUT2D eigenvalue weighted by Gasteiger charge is 2.17. The lowest BCUT2D eigenvalue weighted by atomic mass is 10.2. The van der Waals surface area contributed by atoms with Crippen LogP contribution in [0.1, 0.15) is 10.4 Å². The quantitative estimate of drug-likeness (QED) is 0.939. The first-order chi connectivity index (χ1) is 10.3. The highest BCUT2D eigenvalue weighted by Crippen LogP contribution is 2.18. The van der Waals surface area contributed by atoms with Gasteiger partial charge >= 0.3 is 0 Å². The number of hydrogen-bond acceptors (Lipinski definition) is 3. The van der Waals surface area contributed by atoms with Gasteiger partial charge in [-0.2, -0.15) is 0 Å². The number of benzene rings is 2. The third kappa shape index (κ3) is 3.49. The molecule has 2 aromatic rings. The molecule has 0 aromatic heterocycles. The Kier molecular flexibility index (Phi) is 4.58. The van der Waals surface area contributed by atoms with Crippen molar-refractivity contribution in [3.05, 3.63) is 59.9 Å². The van der Waals surface area contributed by atoms with E-state index in [2.05, 4.69) is 5.32 Å². The molecule has 22 heavy (non-hydrogen) atoms. The molecule has 0 saturated heterocycles. The van der Waals surface area contributed by atoms with Gasteiger partial charge in [-0.1, -0.05) is 6.07 Å². The van der Waals surface area contributed by atoms with Crippen molar-refractivity contribution in [2.45, 2.75) is 4.90 Å². The van der Waals surface area contributed by atoms with Gasteiger partial charge in [0.05, 0.1) is 4.90 Å². The van der Waals surface area contributed by atoms with Crippen LogP contribution in [0.2, 0.25) is 0 Å². The number of amides is 1. The van der Waals surface area contributed by atoms with E-state index >= 15 is 0 Å². The van der Waals surface area contributed by atoms with E-state index in [1.165, 1.54) is 56.6 Å². The second kappa shape index (κ2) is 6.25. The predicted octanol–water partition coefficient (Wildman–Crippen LogP) is 2.33. The molecule has 0 saturated carbocycles. The fraction of sp³-hybridized carbons (Fsp3) is 0.133. The molecular formula is C15H15FN2O3S. The molecule has 0 aliphatic heterocycles. The van der Waals surface area contributed by atoms with Gasteiger partial charge in [-0.3, -0.25) is 4.79 Å². The summed E-state index contributed by atoms with van der Waals surface area (Å²) in [6.45, 7) is 0. The van der Waals surface area contributed by atoms with E-state index in [4.69, 9.17) is 0 Å². The number of sulfonamides is 1. The van der Waals surface area contributed by atoms with E-state index in [0.29, 0.717) is 5.69 Å². The standard InChI is InChI=1S/C15H15FN2O3S/c1-18(2)22(20,21)14-5-3-4-13(10-14)17-15(19)11-6-8-12(16)9-7-11/h3-10H,1-2H3,(H,17,19). The maximum atomic E-state index is 12.8. The second-order valence-electron chi connectivity index (χ2n) is 4.78. The van der Waals surface area contributed by atoms with Gasteiger partial charge in [0.1, 0.15) is 5.82 Å². The number of anilines is 1. The van der Waals surface area contributed by atoms with Crippen molar-refractivity contribution < 1.29 is 17.6 Å². The molecule has 2 rings (SSSR count). The zero-order chi connectivity index (χ0) is 16.3. The fourth-order valence-electron chi connectivity index (χ4n) is 1.75. The molecule has 0 unspecified atom stereocenters. The average Bonchev–Trinajstić information content (AvgIpc) is 2.48. The molecule has 1 amide bonds. The molecule has 0 atom stereocenters. The Morgan fingerprint density at radius 2 is 1.73 bits per heavy atom. The van der Waals surface area contributed by atoms with Crippen LogP contribution in [-0.4, -0.2) is 32.7 Å². The maximum Gasteiger partial charge on any atom is 0.255 e. The Balaban J connectivity index is 2.24. The van der Waals surface area contributed by atoms with Gasteiger partial charge in [-0.25, -0.2) is 17.1 Å².